The van der Waals surface area contributed by atoms with E-state index in [0.717, 1.165) is 29.8 Å². The van der Waals surface area contributed by atoms with Crippen LogP contribution in [0.15, 0.2) is 103 Å². The summed E-state index contributed by atoms with van der Waals surface area (Å²) in [6.45, 7) is 3.17. The van der Waals surface area contributed by atoms with Crippen molar-refractivity contribution in [3.05, 3.63) is 109 Å². The highest BCUT2D eigenvalue weighted by Crippen LogP contribution is 2.28. The van der Waals surface area contributed by atoms with Crippen LogP contribution in [0.3, 0.4) is 0 Å². The van der Waals surface area contributed by atoms with Gasteiger partial charge in [0.2, 0.25) is 11.8 Å². The van der Waals surface area contributed by atoms with Gasteiger partial charge in [-0.25, -0.2) is 4.79 Å². The highest BCUT2D eigenvalue weighted by molar-refractivity contribution is 5.94. The number of phenolic OH excluding ortho intramolecular Hbond substituents is 1. The van der Waals surface area contributed by atoms with E-state index in [2.05, 4.69) is 26.2 Å². The molecule has 0 spiro atoms. The minimum absolute atomic E-state index is 0.110. The Kier molecular flexibility index (Phi) is 12.0. The molecule has 3 amide bonds. The number of aromatic hydroxyl groups is 1. The average molecular weight is 636 g/mol. The van der Waals surface area contributed by atoms with Crippen LogP contribution in [-0.2, 0) is 20.9 Å². The first-order valence-electron chi connectivity index (χ1n) is 15.9. The first-order chi connectivity index (χ1) is 22.9. The fourth-order valence-corrected chi connectivity index (χ4v) is 5.43. The van der Waals surface area contributed by atoms with Crippen LogP contribution >= 0.6 is 0 Å². The Morgan fingerprint density at radius 3 is 2.13 bits per heavy atom. The number of para-hydroxylation sites is 1. The highest BCUT2D eigenvalue weighted by atomic mass is 16.6. The lowest BCUT2D eigenvalue weighted by atomic mass is 10.0. The molecule has 1 fully saturated rings. The Morgan fingerprint density at radius 2 is 1.40 bits per heavy atom. The van der Waals surface area contributed by atoms with Crippen molar-refractivity contribution in [1.29, 1.82) is 0 Å². The molecule has 1 aliphatic heterocycles. The molecule has 0 aliphatic carbocycles. The van der Waals surface area contributed by atoms with Crippen molar-refractivity contribution in [1.82, 2.24) is 10.2 Å². The van der Waals surface area contributed by atoms with Crippen LogP contribution in [0.25, 0.3) is 11.1 Å². The topological polar surface area (TPSA) is 132 Å². The van der Waals surface area contributed by atoms with Crippen molar-refractivity contribution in [2.45, 2.75) is 38.3 Å². The number of piperidine rings is 1. The number of hydrogen-bond donors (Lipinski definition) is 5. The van der Waals surface area contributed by atoms with E-state index < -0.39 is 6.09 Å². The zero-order valence-electron chi connectivity index (χ0n) is 26.3. The molecule has 1 heterocycles. The molecule has 0 radical (unpaired) electrons. The van der Waals surface area contributed by atoms with E-state index in [4.69, 9.17) is 4.74 Å². The summed E-state index contributed by atoms with van der Waals surface area (Å²) < 4.78 is 5.73. The largest absolute Gasteiger partial charge is 0.508 e. The molecule has 1 saturated heterocycles. The van der Waals surface area contributed by atoms with Crippen LogP contribution < -0.4 is 21.3 Å². The lowest BCUT2D eigenvalue weighted by Gasteiger charge is -2.31. The maximum Gasteiger partial charge on any atom is 0.411 e. The van der Waals surface area contributed by atoms with Crippen molar-refractivity contribution in [2.24, 2.45) is 0 Å². The molecule has 47 heavy (non-hydrogen) atoms. The second-order valence-corrected chi connectivity index (χ2v) is 11.5. The second-order valence-electron chi connectivity index (χ2n) is 11.5. The molecule has 1 aliphatic rings. The van der Waals surface area contributed by atoms with Crippen LogP contribution in [0.1, 0.15) is 31.2 Å². The van der Waals surface area contributed by atoms with Gasteiger partial charge in [-0.1, -0.05) is 66.7 Å². The van der Waals surface area contributed by atoms with Gasteiger partial charge in [0.05, 0.1) is 5.69 Å². The molecular formula is C37H41N5O5. The summed E-state index contributed by atoms with van der Waals surface area (Å²) in [5, 5.41) is 21.3. The summed E-state index contributed by atoms with van der Waals surface area (Å²) in [5.41, 5.74) is 4.90. The summed E-state index contributed by atoms with van der Waals surface area (Å²) in [5.74, 6) is -0.0190. The van der Waals surface area contributed by atoms with Gasteiger partial charge < -0.3 is 30.7 Å². The lowest BCUT2D eigenvalue weighted by Crippen LogP contribution is -2.39. The number of rotatable bonds is 13. The number of carbonyl (C=O) groups is 3. The van der Waals surface area contributed by atoms with E-state index in [9.17, 15) is 19.5 Å². The number of nitrogens with zero attached hydrogens (tertiary/aromatic N) is 1. The molecule has 0 unspecified atom stereocenters. The van der Waals surface area contributed by atoms with E-state index in [1.54, 1.807) is 36.4 Å². The van der Waals surface area contributed by atoms with Gasteiger partial charge in [0.1, 0.15) is 11.9 Å². The van der Waals surface area contributed by atoms with Gasteiger partial charge in [-0.3, -0.25) is 14.9 Å². The van der Waals surface area contributed by atoms with Gasteiger partial charge in [0.25, 0.3) is 0 Å². The number of benzene rings is 4. The molecule has 0 aromatic heterocycles. The van der Waals surface area contributed by atoms with Crippen LogP contribution in [0.2, 0.25) is 0 Å². The number of anilines is 3. The van der Waals surface area contributed by atoms with E-state index in [1.165, 1.54) is 0 Å². The molecule has 10 nitrogen and oxygen atoms in total. The Morgan fingerprint density at radius 1 is 0.745 bits per heavy atom. The number of nitrogens with one attached hydrogen (secondary N) is 4. The Balaban J connectivity index is 0.975. The third-order valence-electron chi connectivity index (χ3n) is 7.94. The maximum atomic E-state index is 12.7. The van der Waals surface area contributed by atoms with Gasteiger partial charge in [-0.15, -0.1) is 0 Å². The Labute approximate surface area is 275 Å². The highest BCUT2D eigenvalue weighted by Gasteiger charge is 2.23. The predicted octanol–water partition coefficient (Wildman–Crippen LogP) is 6.22. The first-order valence-corrected chi connectivity index (χ1v) is 15.9. The molecule has 244 valence electrons. The molecule has 5 N–H and O–H groups in total. The van der Waals surface area contributed by atoms with Gasteiger partial charge in [0, 0.05) is 62.5 Å². The normalized spacial score (nSPS) is 13.4. The maximum absolute atomic E-state index is 12.7. The summed E-state index contributed by atoms with van der Waals surface area (Å²) >= 11 is 0. The number of likely N-dealkylation sites (tertiary alicyclic amines) is 1. The smallest absolute Gasteiger partial charge is 0.411 e. The standard InChI is InChI=1S/C37H41N5O5/c43-31-15-13-27(14-16-31)26-38-21-17-35(44)39-29-9-6-10-30(25-29)40-36(45)20-24-42-22-18-32(19-23-42)47-37(46)41-34-12-5-4-11-33(34)28-7-2-1-3-8-28/h1-16,25,32,38,43H,17-24,26H2,(H,39,44)(H,40,45)(H,41,46). The van der Waals surface area contributed by atoms with Crippen LogP contribution in [0.4, 0.5) is 21.9 Å². The molecule has 0 saturated carbocycles. The minimum Gasteiger partial charge on any atom is -0.508 e. The Hall–Kier alpha value is -5.19. The van der Waals surface area contributed by atoms with Crippen molar-refractivity contribution in [2.75, 3.05) is 42.1 Å². The summed E-state index contributed by atoms with van der Waals surface area (Å²) in [7, 11) is 0. The fraction of sp³-hybridized carbons (Fsp3) is 0.270. The molecule has 0 atom stereocenters. The molecule has 5 rings (SSSR count). The van der Waals surface area contributed by atoms with E-state index in [1.807, 2.05) is 66.7 Å². The summed E-state index contributed by atoms with van der Waals surface area (Å²) in [4.78, 5) is 40.0. The predicted molar refractivity (Wildman–Crippen MR) is 184 cm³/mol. The Bertz CT molecular complexity index is 1620. The first kappa shape index (κ1) is 33.2. The molecule has 0 bridgehead atoms. The van der Waals surface area contributed by atoms with Gasteiger partial charge in [-0.2, -0.15) is 0 Å². The quantitative estimate of drug-likeness (QED) is 0.110. The number of ether oxygens (including phenoxy) is 1. The van der Waals surface area contributed by atoms with E-state index in [0.29, 0.717) is 62.4 Å². The van der Waals surface area contributed by atoms with Crippen LogP contribution in [0.5, 0.6) is 5.75 Å². The van der Waals surface area contributed by atoms with Crippen molar-refractivity contribution < 1.29 is 24.2 Å². The van der Waals surface area contributed by atoms with Crippen molar-refractivity contribution in [3.63, 3.8) is 0 Å². The molecule has 4 aromatic rings. The second kappa shape index (κ2) is 16.9. The van der Waals surface area contributed by atoms with Gasteiger partial charge in [0.15, 0.2) is 0 Å². The van der Waals surface area contributed by atoms with Crippen molar-refractivity contribution in [3.8, 4) is 16.9 Å². The summed E-state index contributed by atoms with van der Waals surface area (Å²) in [6, 6.07) is 31.6. The third-order valence-corrected chi connectivity index (χ3v) is 7.94. The zero-order valence-corrected chi connectivity index (χ0v) is 26.3. The SMILES string of the molecule is O=C(CCNCc1ccc(O)cc1)Nc1cccc(NC(=O)CCN2CCC(OC(=O)Nc3ccccc3-c3ccccc3)CC2)c1. The monoisotopic (exact) mass is 635 g/mol. The third kappa shape index (κ3) is 10.7. The van der Waals surface area contributed by atoms with Gasteiger partial charge in [-0.05, 0) is 60.4 Å². The van der Waals surface area contributed by atoms with E-state index >= 15 is 0 Å². The number of hydrogen-bond acceptors (Lipinski definition) is 7. The fourth-order valence-electron chi connectivity index (χ4n) is 5.43. The van der Waals surface area contributed by atoms with Gasteiger partial charge >= 0.3 is 6.09 Å². The lowest BCUT2D eigenvalue weighted by molar-refractivity contribution is -0.117. The molecule has 4 aromatic carbocycles. The summed E-state index contributed by atoms with van der Waals surface area (Å²) in [6.07, 6.45) is 1.37. The zero-order chi connectivity index (χ0) is 32.8. The van der Waals surface area contributed by atoms with Crippen molar-refractivity contribution >= 4 is 35.0 Å². The van der Waals surface area contributed by atoms with Crippen LogP contribution in [0, 0.1) is 0 Å². The molecule has 10 heteroatoms. The number of phenols is 1. The molecular weight excluding hydrogens is 594 g/mol. The number of amides is 3. The minimum atomic E-state index is -0.466. The number of carbonyl (C=O) groups excluding carboxylic acids is 3. The average Bonchev–Trinajstić information content (AvgIpc) is 3.08. The van der Waals surface area contributed by atoms with E-state index in [-0.39, 0.29) is 23.7 Å². The van der Waals surface area contributed by atoms with Crippen LogP contribution in [-0.4, -0.2) is 60.2 Å².